The molecule has 3 heterocycles. The van der Waals surface area contributed by atoms with Gasteiger partial charge in [0.15, 0.2) is 17.4 Å². The summed E-state index contributed by atoms with van der Waals surface area (Å²) in [5.74, 6) is -0.213. The molecule has 0 aliphatic carbocycles. The van der Waals surface area contributed by atoms with Gasteiger partial charge in [0.05, 0.1) is 6.61 Å². The van der Waals surface area contributed by atoms with Gasteiger partial charge >= 0.3 is 23.5 Å². The lowest BCUT2D eigenvalue weighted by Crippen LogP contribution is -2.33. The monoisotopic (exact) mass is 599 g/mol. The Kier molecular flexibility index (Phi) is 7.79. The standard InChI is InChI=1S/C16H20N5O14P3/c17-16-19-13-9(14(24)20-16)18-12(7-4-2-1-3-5-7)21(13)15-11(23)10(22)8(33-15)6-32-37(28,29)35-38(30,31)34-36(25,26)27/h1-5,8,10-11,15,22-23H,6H2,(H,28,29)(H,30,31)(H2,25,26,27)(H3,17,19,20,24)/t8-,10-,11-,15-/m1/s1. The minimum Gasteiger partial charge on any atom is -0.387 e. The van der Waals surface area contributed by atoms with Crippen molar-refractivity contribution >= 4 is 40.6 Å². The van der Waals surface area contributed by atoms with Gasteiger partial charge in [0.2, 0.25) is 5.95 Å². The Labute approximate surface area is 210 Å². The maximum atomic E-state index is 12.4. The average Bonchev–Trinajstić information content (AvgIpc) is 3.28. The van der Waals surface area contributed by atoms with E-state index in [2.05, 4.69) is 28.1 Å². The van der Waals surface area contributed by atoms with Gasteiger partial charge in [0, 0.05) is 5.56 Å². The number of aliphatic hydroxyl groups excluding tert-OH is 2. The quantitative estimate of drug-likeness (QED) is 0.141. The average molecular weight is 599 g/mol. The molecule has 2 unspecified atom stereocenters. The number of benzene rings is 1. The lowest BCUT2D eigenvalue weighted by atomic mass is 10.1. The molecular formula is C16H20N5O14P3. The Morgan fingerprint density at radius 2 is 1.66 bits per heavy atom. The van der Waals surface area contributed by atoms with E-state index >= 15 is 0 Å². The van der Waals surface area contributed by atoms with Crippen molar-refractivity contribution in [2.45, 2.75) is 24.5 Å². The smallest absolute Gasteiger partial charge is 0.387 e. The Morgan fingerprint density at radius 3 is 2.29 bits per heavy atom. The first-order valence-corrected chi connectivity index (χ1v) is 14.7. The molecule has 6 atom stereocenters. The van der Waals surface area contributed by atoms with Crippen LogP contribution in [0.5, 0.6) is 0 Å². The number of phosphoric ester groups is 1. The fraction of sp³-hybridized carbons (Fsp3) is 0.312. The lowest BCUT2D eigenvalue weighted by molar-refractivity contribution is -0.0495. The van der Waals surface area contributed by atoms with Gasteiger partial charge in [-0.25, -0.2) is 18.7 Å². The van der Waals surface area contributed by atoms with Crippen molar-refractivity contribution in [3.63, 3.8) is 0 Å². The number of phosphoric acid groups is 3. The van der Waals surface area contributed by atoms with E-state index in [0.29, 0.717) is 5.56 Å². The maximum Gasteiger partial charge on any atom is 0.490 e. The number of H-pyrrole nitrogens is 1. The molecule has 4 rings (SSSR count). The zero-order valence-corrected chi connectivity index (χ0v) is 21.3. The molecular weight excluding hydrogens is 579 g/mol. The largest absolute Gasteiger partial charge is 0.490 e. The van der Waals surface area contributed by atoms with Crippen molar-refractivity contribution in [1.29, 1.82) is 0 Å². The Hall–Kier alpha value is -2.34. The summed E-state index contributed by atoms with van der Waals surface area (Å²) >= 11 is 0. The van der Waals surface area contributed by atoms with Gasteiger partial charge in [-0.15, -0.1) is 0 Å². The number of anilines is 1. The second-order valence-corrected chi connectivity index (χ2v) is 12.1. The number of aromatic amines is 1. The molecule has 1 aromatic carbocycles. The molecule has 1 aliphatic heterocycles. The molecule has 2 aromatic heterocycles. The highest BCUT2D eigenvalue weighted by atomic mass is 31.3. The van der Waals surface area contributed by atoms with Crippen LogP contribution in [0, 0.1) is 0 Å². The molecule has 0 saturated carbocycles. The van der Waals surface area contributed by atoms with Gasteiger partial charge in [0.1, 0.15) is 24.1 Å². The summed E-state index contributed by atoms with van der Waals surface area (Å²) in [5.41, 5.74) is 5.09. The van der Waals surface area contributed by atoms with Crippen LogP contribution in [-0.2, 0) is 31.6 Å². The minimum atomic E-state index is -5.77. The first-order chi connectivity index (χ1) is 17.6. The van der Waals surface area contributed by atoms with Crippen LogP contribution < -0.4 is 11.3 Å². The summed E-state index contributed by atoms with van der Waals surface area (Å²) in [4.78, 5) is 59.1. The third kappa shape index (κ3) is 6.27. The molecule has 1 aliphatic rings. The zero-order valence-electron chi connectivity index (χ0n) is 18.6. The highest BCUT2D eigenvalue weighted by Gasteiger charge is 2.47. The summed E-state index contributed by atoms with van der Waals surface area (Å²) in [6.45, 7) is -1.04. The van der Waals surface area contributed by atoms with Crippen molar-refractivity contribution in [2.24, 2.45) is 0 Å². The van der Waals surface area contributed by atoms with Crippen LogP contribution in [0.1, 0.15) is 6.23 Å². The zero-order chi connectivity index (χ0) is 28.0. The first kappa shape index (κ1) is 28.7. The Balaban J connectivity index is 1.62. The molecule has 3 aromatic rings. The summed E-state index contributed by atoms with van der Waals surface area (Å²) in [5, 5.41) is 21.2. The van der Waals surface area contributed by atoms with Gasteiger partial charge in [-0.1, -0.05) is 30.3 Å². The fourth-order valence-corrected chi connectivity index (χ4v) is 6.61. The van der Waals surface area contributed by atoms with Gasteiger partial charge in [-0.3, -0.25) is 18.9 Å². The fourth-order valence-electron chi connectivity index (χ4n) is 3.58. The lowest BCUT2D eigenvalue weighted by Gasteiger charge is -2.20. The number of hydrogen-bond acceptors (Lipinski definition) is 13. The first-order valence-electron chi connectivity index (χ1n) is 10.2. The number of imidazole rings is 1. The van der Waals surface area contributed by atoms with Crippen molar-refractivity contribution in [1.82, 2.24) is 19.5 Å². The van der Waals surface area contributed by atoms with Crippen LogP contribution in [0.15, 0.2) is 35.1 Å². The summed E-state index contributed by atoms with van der Waals surface area (Å²) in [6.07, 6.45) is -6.65. The molecule has 38 heavy (non-hydrogen) atoms. The molecule has 0 spiro atoms. The van der Waals surface area contributed by atoms with Crippen molar-refractivity contribution in [2.75, 3.05) is 12.3 Å². The van der Waals surface area contributed by atoms with E-state index < -0.39 is 60.2 Å². The summed E-state index contributed by atoms with van der Waals surface area (Å²) < 4.78 is 52.8. The molecule has 0 radical (unpaired) electrons. The highest BCUT2D eigenvalue weighted by molar-refractivity contribution is 7.66. The predicted octanol–water partition coefficient (Wildman–Crippen LogP) is -0.669. The molecule has 19 nitrogen and oxygen atoms in total. The number of nitrogen functional groups attached to an aromatic ring is 1. The number of rotatable bonds is 9. The normalized spacial score (nSPS) is 25.3. The Bertz CT molecular complexity index is 1540. The van der Waals surface area contributed by atoms with Gasteiger partial charge < -0.3 is 40.3 Å². The molecule has 208 valence electrons. The number of nitrogens with zero attached hydrogens (tertiary/aromatic N) is 3. The molecule has 1 fully saturated rings. The van der Waals surface area contributed by atoms with Crippen LogP contribution >= 0.6 is 23.5 Å². The van der Waals surface area contributed by atoms with E-state index in [1.54, 1.807) is 30.3 Å². The van der Waals surface area contributed by atoms with E-state index in [4.69, 9.17) is 20.3 Å². The van der Waals surface area contributed by atoms with Crippen LogP contribution in [-0.4, -0.2) is 74.2 Å². The van der Waals surface area contributed by atoms with Gasteiger partial charge in [-0.05, 0) is 0 Å². The molecule has 0 amide bonds. The minimum absolute atomic E-state index is 0.0778. The Morgan fingerprint density at radius 1 is 1.00 bits per heavy atom. The second kappa shape index (κ2) is 10.3. The van der Waals surface area contributed by atoms with E-state index in [1.165, 1.54) is 4.57 Å². The van der Waals surface area contributed by atoms with Crippen LogP contribution in [0.2, 0.25) is 0 Å². The third-order valence-corrected chi connectivity index (χ3v) is 8.81. The SMILES string of the molecule is Nc1nc2c(nc(-c3ccccc3)n2[C@@H]2O[C@H](COP(=O)(O)OP(=O)(O)OP(=O)(O)O)[C@@H](O)[C@H]2O)c(=O)[nH]1. The van der Waals surface area contributed by atoms with E-state index in [-0.39, 0.29) is 22.9 Å². The van der Waals surface area contributed by atoms with Crippen molar-refractivity contribution < 1.29 is 61.4 Å². The summed E-state index contributed by atoms with van der Waals surface area (Å²) in [7, 11) is -16.9. The third-order valence-electron chi connectivity index (χ3n) is 5.01. The van der Waals surface area contributed by atoms with Crippen LogP contribution in [0.25, 0.3) is 22.6 Å². The number of nitrogens with one attached hydrogen (secondary N) is 1. The van der Waals surface area contributed by atoms with Gasteiger partial charge in [0.25, 0.3) is 5.56 Å². The highest BCUT2D eigenvalue weighted by Crippen LogP contribution is 2.66. The molecule has 22 heteroatoms. The van der Waals surface area contributed by atoms with Crippen LogP contribution in [0.3, 0.4) is 0 Å². The van der Waals surface area contributed by atoms with Crippen molar-refractivity contribution in [3.05, 3.63) is 40.7 Å². The van der Waals surface area contributed by atoms with E-state index in [9.17, 15) is 38.5 Å². The summed E-state index contributed by atoms with van der Waals surface area (Å²) in [6, 6.07) is 8.29. The van der Waals surface area contributed by atoms with E-state index in [1.807, 2.05) is 0 Å². The predicted molar refractivity (Wildman–Crippen MR) is 124 cm³/mol. The molecule has 1 saturated heterocycles. The van der Waals surface area contributed by atoms with E-state index in [0.717, 1.165) is 0 Å². The number of fused-ring (bicyclic) bond motifs is 1. The molecule has 9 N–H and O–H groups in total. The topological polar surface area (TPSA) is 299 Å². The van der Waals surface area contributed by atoms with Crippen molar-refractivity contribution in [3.8, 4) is 11.4 Å². The second-order valence-electron chi connectivity index (χ2n) is 7.73. The van der Waals surface area contributed by atoms with Gasteiger partial charge in [-0.2, -0.15) is 13.6 Å². The molecule has 0 bridgehead atoms. The van der Waals surface area contributed by atoms with Crippen LogP contribution in [0.4, 0.5) is 5.95 Å². The maximum absolute atomic E-state index is 12.4. The number of ether oxygens (including phenoxy) is 1. The number of aliphatic hydroxyl groups is 2. The number of nitrogens with two attached hydrogens (primary N) is 1. The number of aromatic nitrogens is 4. The number of hydrogen-bond donors (Lipinski definition) is 8.